The molecular weight excluding hydrogens is 324 g/mol. The first-order chi connectivity index (χ1) is 12.8. The van der Waals surface area contributed by atoms with Crippen LogP contribution in [0.4, 0.5) is 0 Å². The van der Waals surface area contributed by atoms with E-state index in [1.165, 1.54) is 49.8 Å². The van der Waals surface area contributed by atoms with Crippen LogP contribution >= 0.6 is 0 Å². The lowest BCUT2D eigenvalue weighted by molar-refractivity contribution is 0.242. The summed E-state index contributed by atoms with van der Waals surface area (Å²) in [6.45, 7) is 4.12. The van der Waals surface area contributed by atoms with Crippen molar-refractivity contribution in [3.63, 3.8) is 0 Å². The third-order valence-electron chi connectivity index (χ3n) is 6.09. The molecule has 0 bridgehead atoms. The molecule has 2 N–H and O–H groups in total. The molecule has 142 valence electrons. The summed E-state index contributed by atoms with van der Waals surface area (Å²) in [5.74, 6) is 2.00. The molecule has 0 aromatic heterocycles. The van der Waals surface area contributed by atoms with Gasteiger partial charge in [0.05, 0.1) is 6.61 Å². The molecule has 4 rings (SSSR count). The van der Waals surface area contributed by atoms with Crippen molar-refractivity contribution in [3.05, 3.63) is 29.3 Å². The smallest absolute Gasteiger partial charge is 0.191 e. The average Bonchev–Trinajstić information content (AvgIpc) is 3.40. The monoisotopic (exact) mass is 356 g/mol. The third-order valence-corrected chi connectivity index (χ3v) is 6.09. The minimum absolute atomic E-state index is 0.527. The highest BCUT2D eigenvalue weighted by atomic mass is 16.5. The summed E-state index contributed by atoms with van der Waals surface area (Å²) in [4.78, 5) is 7.10. The molecule has 1 atom stereocenters. The highest BCUT2D eigenvalue weighted by molar-refractivity contribution is 5.80. The zero-order valence-electron chi connectivity index (χ0n) is 16.0. The van der Waals surface area contributed by atoms with Crippen LogP contribution in [-0.4, -0.2) is 56.2 Å². The van der Waals surface area contributed by atoms with E-state index in [1.54, 1.807) is 0 Å². The van der Waals surface area contributed by atoms with Crippen molar-refractivity contribution in [1.82, 2.24) is 15.5 Å². The maximum absolute atomic E-state index is 5.58. The predicted molar refractivity (Wildman–Crippen MR) is 106 cm³/mol. The summed E-state index contributed by atoms with van der Waals surface area (Å²) in [6.07, 6.45) is 8.89. The second-order valence-corrected chi connectivity index (χ2v) is 7.85. The molecule has 1 saturated carbocycles. The summed E-state index contributed by atoms with van der Waals surface area (Å²) >= 11 is 0. The van der Waals surface area contributed by atoms with Gasteiger partial charge in [0.25, 0.3) is 0 Å². The Balaban J connectivity index is 1.21. The van der Waals surface area contributed by atoms with Gasteiger partial charge in [0.1, 0.15) is 5.75 Å². The van der Waals surface area contributed by atoms with Gasteiger partial charge < -0.3 is 15.4 Å². The summed E-state index contributed by atoms with van der Waals surface area (Å²) in [5, 5.41) is 7.11. The van der Waals surface area contributed by atoms with Gasteiger partial charge >= 0.3 is 0 Å². The van der Waals surface area contributed by atoms with E-state index in [9.17, 15) is 0 Å². The van der Waals surface area contributed by atoms with Crippen molar-refractivity contribution in [2.45, 2.75) is 57.0 Å². The lowest BCUT2D eigenvalue weighted by Gasteiger charge is -2.24. The van der Waals surface area contributed by atoms with Gasteiger partial charge in [0, 0.05) is 45.2 Å². The van der Waals surface area contributed by atoms with Crippen LogP contribution in [0, 0.1) is 0 Å². The summed E-state index contributed by atoms with van der Waals surface area (Å²) in [7, 11) is 1.87. The lowest BCUT2D eigenvalue weighted by Crippen LogP contribution is -2.45. The predicted octanol–water partition coefficient (Wildman–Crippen LogP) is 2.35. The first-order valence-electron chi connectivity index (χ1n) is 10.3. The van der Waals surface area contributed by atoms with Crippen LogP contribution in [-0.2, 0) is 12.8 Å². The number of likely N-dealkylation sites (tertiary alicyclic amines) is 1. The summed E-state index contributed by atoms with van der Waals surface area (Å²) in [6, 6.07) is 7.94. The maximum atomic E-state index is 5.58. The van der Waals surface area contributed by atoms with Gasteiger partial charge in [-0.15, -0.1) is 0 Å². The molecule has 5 heteroatoms. The number of ether oxygens (including phenoxy) is 1. The summed E-state index contributed by atoms with van der Waals surface area (Å²) < 4.78 is 5.58. The van der Waals surface area contributed by atoms with Crippen molar-refractivity contribution in [1.29, 1.82) is 0 Å². The number of benzene rings is 1. The lowest BCUT2D eigenvalue weighted by atomic mass is 10.1. The second-order valence-electron chi connectivity index (χ2n) is 7.85. The molecule has 2 aliphatic heterocycles. The van der Waals surface area contributed by atoms with Crippen LogP contribution in [0.1, 0.15) is 43.2 Å². The number of rotatable bonds is 5. The fraction of sp³-hybridized carbons (Fsp3) is 0.667. The Hall–Kier alpha value is -1.75. The van der Waals surface area contributed by atoms with Gasteiger partial charge in [0.2, 0.25) is 0 Å². The molecule has 1 aliphatic carbocycles. The molecule has 0 amide bonds. The van der Waals surface area contributed by atoms with E-state index in [2.05, 4.69) is 38.7 Å². The minimum atomic E-state index is 0.527. The fourth-order valence-corrected chi connectivity index (χ4v) is 4.61. The molecule has 2 heterocycles. The van der Waals surface area contributed by atoms with E-state index in [0.29, 0.717) is 6.04 Å². The fourth-order valence-electron chi connectivity index (χ4n) is 4.61. The molecule has 1 saturated heterocycles. The Labute approximate surface area is 157 Å². The van der Waals surface area contributed by atoms with Crippen molar-refractivity contribution >= 4 is 5.96 Å². The Bertz CT molecular complexity index is 639. The molecule has 1 unspecified atom stereocenters. The number of nitrogens with one attached hydrogen (secondary N) is 2. The Morgan fingerprint density at radius 1 is 1.27 bits per heavy atom. The van der Waals surface area contributed by atoms with E-state index < -0.39 is 0 Å². The van der Waals surface area contributed by atoms with E-state index >= 15 is 0 Å². The van der Waals surface area contributed by atoms with E-state index in [4.69, 9.17) is 4.74 Å². The van der Waals surface area contributed by atoms with Gasteiger partial charge in [-0.25, -0.2) is 0 Å². The number of nitrogens with zero attached hydrogens (tertiary/aromatic N) is 2. The van der Waals surface area contributed by atoms with Gasteiger partial charge in [0.15, 0.2) is 5.96 Å². The summed E-state index contributed by atoms with van der Waals surface area (Å²) in [5.41, 5.74) is 2.72. The highest BCUT2D eigenvalue weighted by Crippen LogP contribution is 2.27. The van der Waals surface area contributed by atoms with Crippen LogP contribution in [0.25, 0.3) is 0 Å². The molecule has 1 aromatic carbocycles. The molecular formula is C21H32N4O. The molecule has 1 aromatic rings. The number of guanidine groups is 1. The Morgan fingerprint density at radius 2 is 2.15 bits per heavy atom. The van der Waals surface area contributed by atoms with Gasteiger partial charge in [-0.05, 0) is 42.9 Å². The zero-order chi connectivity index (χ0) is 17.8. The number of hydrogen-bond acceptors (Lipinski definition) is 3. The van der Waals surface area contributed by atoms with Gasteiger partial charge in [-0.3, -0.25) is 9.89 Å². The molecule has 3 aliphatic rings. The SMILES string of the molecule is CN=C(NCCc1ccc2c(c1)CCO2)NC1CCN(C2CCCC2)C1. The quantitative estimate of drug-likeness (QED) is 0.628. The van der Waals surface area contributed by atoms with Crippen molar-refractivity contribution in [2.24, 2.45) is 4.99 Å². The largest absolute Gasteiger partial charge is 0.493 e. The van der Waals surface area contributed by atoms with Crippen molar-refractivity contribution < 1.29 is 4.74 Å². The second kappa shape index (κ2) is 8.30. The number of fused-ring (bicyclic) bond motifs is 1. The first-order valence-corrected chi connectivity index (χ1v) is 10.3. The van der Waals surface area contributed by atoms with Crippen LogP contribution in [0.5, 0.6) is 5.75 Å². The number of hydrogen-bond donors (Lipinski definition) is 2. The van der Waals surface area contributed by atoms with Crippen molar-refractivity contribution in [3.8, 4) is 5.75 Å². The average molecular weight is 357 g/mol. The van der Waals surface area contributed by atoms with Gasteiger partial charge in [-0.1, -0.05) is 25.0 Å². The van der Waals surface area contributed by atoms with Gasteiger partial charge in [-0.2, -0.15) is 0 Å². The van der Waals surface area contributed by atoms with Crippen LogP contribution in [0.3, 0.4) is 0 Å². The highest BCUT2D eigenvalue weighted by Gasteiger charge is 2.30. The van der Waals surface area contributed by atoms with E-state index in [0.717, 1.165) is 50.3 Å². The Morgan fingerprint density at radius 3 is 3.00 bits per heavy atom. The first kappa shape index (κ1) is 17.7. The third kappa shape index (κ3) is 4.14. The van der Waals surface area contributed by atoms with Crippen LogP contribution in [0.15, 0.2) is 23.2 Å². The molecule has 5 nitrogen and oxygen atoms in total. The molecule has 0 spiro atoms. The van der Waals surface area contributed by atoms with Crippen molar-refractivity contribution in [2.75, 3.05) is 33.3 Å². The van der Waals surface area contributed by atoms with E-state index in [-0.39, 0.29) is 0 Å². The zero-order valence-corrected chi connectivity index (χ0v) is 16.0. The molecule has 2 fully saturated rings. The Kier molecular flexibility index (Phi) is 5.63. The molecule has 0 radical (unpaired) electrons. The minimum Gasteiger partial charge on any atom is -0.493 e. The van der Waals surface area contributed by atoms with Crippen LogP contribution in [0.2, 0.25) is 0 Å². The normalized spacial score (nSPS) is 23.9. The number of aliphatic imine (C=N–C) groups is 1. The molecule has 26 heavy (non-hydrogen) atoms. The standard InChI is InChI=1S/C21H32N4O/c1-22-21(24-18-9-12-25(15-18)19-4-2-3-5-19)23-11-8-16-6-7-20-17(14-16)10-13-26-20/h6-7,14,18-19H,2-5,8-13,15H2,1H3,(H2,22,23,24). The topological polar surface area (TPSA) is 48.9 Å². The van der Waals surface area contributed by atoms with Crippen LogP contribution < -0.4 is 15.4 Å². The maximum Gasteiger partial charge on any atom is 0.191 e. The van der Waals surface area contributed by atoms with E-state index in [1.807, 2.05) is 7.05 Å².